The van der Waals surface area contributed by atoms with Gasteiger partial charge < -0.3 is 4.74 Å². The Morgan fingerprint density at radius 1 is 1.40 bits per heavy atom. The van der Waals surface area contributed by atoms with Crippen molar-refractivity contribution in [3.8, 4) is 0 Å². The van der Waals surface area contributed by atoms with E-state index in [9.17, 15) is 9.59 Å². The molecular formula is C17H24O3. The van der Waals surface area contributed by atoms with E-state index >= 15 is 0 Å². The molecule has 2 aliphatic rings. The first-order valence-corrected chi connectivity index (χ1v) is 7.25. The average Bonchev–Trinajstić information content (AvgIpc) is 2.33. The molecule has 1 unspecified atom stereocenters. The third kappa shape index (κ3) is 2.34. The predicted octanol–water partition coefficient (Wildman–Crippen LogP) is 3.30. The maximum Gasteiger partial charge on any atom is 0.170 e. The first-order valence-electron chi connectivity index (χ1n) is 7.25. The number of methoxy groups -OCH3 is 1. The molecule has 0 spiro atoms. The Labute approximate surface area is 121 Å². The molecule has 0 aliphatic heterocycles. The van der Waals surface area contributed by atoms with Crippen molar-refractivity contribution in [2.75, 3.05) is 7.11 Å². The lowest BCUT2D eigenvalue weighted by molar-refractivity contribution is -0.147. The minimum Gasteiger partial charge on any atom is -0.500 e. The first-order chi connectivity index (χ1) is 9.28. The molecule has 0 heterocycles. The maximum absolute atomic E-state index is 12.5. The summed E-state index contributed by atoms with van der Waals surface area (Å²) in [7, 11) is 1.54. The van der Waals surface area contributed by atoms with Gasteiger partial charge in [-0.15, -0.1) is 0 Å². The molecule has 0 amide bonds. The third-order valence-corrected chi connectivity index (χ3v) is 4.90. The van der Waals surface area contributed by atoms with E-state index in [1.54, 1.807) is 0 Å². The van der Waals surface area contributed by atoms with Gasteiger partial charge in [0.1, 0.15) is 5.76 Å². The van der Waals surface area contributed by atoms with Gasteiger partial charge in [-0.05, 0) is 38.0 Å². The molecule has 0 radical (unpaired) electrons. The number of carbonyl (C=O) groups is 2. The highest BCUT2D eigenvalue weighted by molar-refractivity contribution is 6.13. The van der Waals surface area contributed by atoms with Crippen LogP contribution in [0.5, 0.6) is 0 Å². The Bertz CT molecular complexity index is 492. The van der Waals surface area contributed by atoms with E-state index < -0.39 is 5.92 Å². The summed E-state index contributed by atoms with van der Waals surface area (Å²) in [4.78, 5) is 24.8. The third-order valence-electron chi connectivity index (χ3n) is 4.90. The molecule has 3 atom stereocenters. The van der Waals surface area contributed by atoms with Crippen LogP contribution in [0.3, 0.4) is 0 Å². The zero-order chi connectivity index (χ0) is 15.1. The Morgan fingerprint density at radius 2 is 2.05 bits per heavy atom. The van der Waals surface area contributed by atoms with Crippen LogP contribution >= 0.6 is 0 Å². The molecule has 2 aliphatic carbocycles. The first kappa shape index (κ1) is 15.0. The van der Waals surface area contributed by atoms with Crippen LogP contribution in [0.25, 0.3) is 0 Å². The average molecular weight is 276 g/mol. The summed E-state index contributed by atoms with van der Waals surface area (Å²) >= 11 is 0. The number of Topliss-reactive ketones (excluding diaryl/α,β-unsaturated/α-hetero) is 1. The van der Waals surface area contributed by atoms with Crippen molar-refractivity contribution in [1.29, 1.82) is 0 Å². The van der Waals surface area contributed by atoms with Gasteiger partial charge in [0.25, 0.3) is 0 Å². The minimum absolute atomic E-state index is 0.0489. The maximum atomic E-state index is 12.5. The fraction of sp³-hybridized carbons (Fsp3) is 0.647. The zero-order valence-corrected chi connectivity index (χ0v) is 13.0. The van der Waals surface area contributed by atoms with Crippen LogP contribution in [0.15, 0.2) is 23.5 Å². The molecule has 20 heavy (non-hydrogen) atoms. The van der Waals surface area contributed by atoms with Gasteiger partial charge in [-0.2, -0.15) is 0 Å². The lowest BCUT2D eigenvalue weighted by Crippen LogP contribution is -2.52. The van der Waals surface area contributed by atoms with Crippen LogP contribution in [-0.2, 0) is 14.3 Å². The summed E-state index contributed by atoms with van der Waals surface area (Å²) in [6, 6.07) is 0. The molecule has 3 nitrogen and oxygen atoms in total. The summed E-state index contributed by atoms with van der Waals surface area (Å²) in [6.45, 7) is 8.26. The Hall–Kier alpha value is -1.38. The fourth-order valence-electron chi connectivity index (χ4n) is 3.57. The van der Waals surface area contributed by atoms with Gasteiger partial charge >= 0.3 is 0 Å². The molecule has 0 aromatic carbocycles. The van der Waals surface area contributed by atoms with Gasteiger partial charge in [-0.1, -0.05) is 25.5 Å². The molecule has 0 N–H and O–H groups in total. The quantitative estimate of drug-likeness (QED) is 0.587. The second-order valence-corrected chi connectivity index (χ2v) is 6.81. The largest absolute Gasteiger partial charge is 0.500 e. The lowest BCUT2D eigenvalue weighted by Gasteiger charge is -2.48. The van der Waals surface area contributed by atoms with E-state index in [2.05, 4.69) is 33.8 Å². The summed E-state index contributed by atoms with van der Waals surface area (Å²) in [5.74, 6) is 0.103. The molecule has 2 rings (SSSR count). The summed E-state index contributed by atoms with van der Waals surface area (Å²) < 4.78 is 5.26. The van der Waals surface area contributed by atoms with E-state index in [-0.39, 0.29) is 22.9 Å². The molecular weight excluding hydrogens is 252 g/mol. The van der Waals surface area contributed by atoms with Gasteiger partial charge in [0.2, 0.25) is 0 Å². The van der Waals surface area contributed by atoms with E-state index in [0.717, 1.165) is 12.8 Å². The van der Waals surface area contributed by atoms with Crippen molar-refractivity contribution in [2.24, 2.45) is 23.2 Å². The topological polar surface area (TPSA) is 43.4 Å². The highest BCUT2D eigenvalue weighted by atomic mass is 16.5. The molecule has 0 saturated heterocycles. The minimum atomic E-state index is -0.504. The Kier molecular flexibility index (Phi) is 3.90. The Morgan fingerprint density at radius 3 is 2.60 bits per heavy atom. The monoisotopic (exact) mass is 276 g/mol. The van der Waals surface area contributed by atoms with Crippen LogP contribution < -0.4 is 0 Å². The van der Waals surface area contributed by atoms with E-state index in [1.807, 2.05) is 0 Å². The lowest BCUT2D eigenvalue weighted by atomic mass is 9.54. The standard InChI is InChI=1S/C17H24O3/c1-10(2)6-7-11-8-12-14(20-5)9-13(18)15(16(12)19)17(11,3)4/h6,9,11-12,15H,7-8H2,1-5H3/t11?,12-,15+/m1/s1. The van der Waals surface area contributed by atoms with Crippen molar-refractivity contribution in [3.63, 3.8) is 0 Å². The van der Waals surface area contributed by atoms with Gasteiger partial charge in [0, 0.05) is 6.08 Å². The highest BCUT2D eigenvalue weighted by Gasteiger charge is 2.54. The Balaban J connectivity index is 2.38. The van der Waals surface area contributed by atoms with Gasteiger partial charge in [-0.3, -0.25) is 9.59 Å². The molecule has 0 aromatic heterocycles. The molecule has 1 fully saturated rings. The van der Waals surface area contributed by atoms with Crippen molar-refractivity contribution in [2.45, 2.75) is 40.5 Å². The van der Waals surface area contributed by atoms with Crippen molar-refractivity contribution in [1.82, 2.24) is 0 Å². The summed E-state index contributed by atoms with van der Waals surface area (Å²) in [5, 5.41) is 0. The number of carbonyl (C=O) groups excluding carboxylic acids is 2. The normalized spacial score (nSPS) is 31.6. The molecule has 0 aromatic rings. The molecule has 3 heteroatoms. The number of hydrogen-bond acceptors (Lipinski definition) is 3. The van der Waals surface area contributed by atoms with Crippen LogP contribution in [-0.4, -0.2) is 18.7 Å². The zero-order valence-electron chi connectivity index (χ0n) is 13.0. The second-order valence-electron chi connectivity index (χ2n) is 6.81. The number of hydrogen-bond donors (Lipinski definition) is 0. The SMILES string of the molecule is COC1=CC(=O)[C@H]2C(=O)[C@@H]1CC(CC=C(C)C)C2(C)C. The van der Waals surface area contributed by atoms with Gasteiger partial charge in [0.05, 0.1) is 18.9 Å². The number of rotatable bonds is 3. The molecule has 2 bridgehead atoms. The van der Waals surface area contributed by atoms with Crippen molar-refractivity contribution in [3.05, 3.63) is 23.5 Å². The second kappa shape index (κ2) is 5.19. The predicted molar refractivity (Wildman–Crippen MR) is 78.0 cm³/mol. The summed E-state index contributed by atoms with van der Waals surface area (Å²) in [6.07, 6.45) is 5.44. The van der Waals surface area contributed by atoms with E-state index in [0.29, 0.717) is 11.7 Å². The van der Waals surface area contributed by atoms with Crippen molar-refractivity contribution >= 4 is 11.6 Å². The highest BCUT2D eigenvalue weighted by Crippen LogP contribution is 2.51. The van der Waals surface area contributed by atoms with Crippen LogP contribution in [0.4, 0.5) is 0 Å². The van der Waals surface area contributed by atoms with Gasteiger partial charge in [-0.25, -0.2) is 0 Å². The smallest absolute Gasteiger partial charge is 0.170 e. The van der Waals surface area contributed by atoms with Crippen LogP contribution in [0.2, 0.25) is 0 Å². The molecule has 1 saturated carbocycles. The van der Waals surface area contributed by atoms with E-state index in [1.165, 1.54) is 18.8 Å². The van der Waals surface area contributed by atoms with Gasteiger partial charge in [0.15, 0.2) is 11.6 Å². The van der Waals surface area contributed by atoms with E-state index in [4.69, 9.17) is 4.74 Å². The number of ketones is 2. The molecule has 110 valence electrons. The number of ether oxygens (including phenoxy) is 1. The van der Waals surface area contributed by atoms with Crippen LogP contribution in [0.1, 0.15) is 40.5 Å². The fourth-order valence-corrected chi connectivity index (χ4v) is 3.57. The number of fused-ring (bicyclic) bond motifs is 2. The van der Waals surface area contributed by atoms with Crippen molar-refractivity contribution < 1.29 is 14.3 Å². The number of allylic oxidation sites excluding steroid dienone is 4. The van der Waals surface area contributed by atoms with Crippen LogP contribution in [0, 0.1) is 23.2 Å². The summed E-state index contributed by atoms with van der Waals surface area (Å²) in [5.41, 5.74) is 0.989.